The van der Waals surface area contributed by atoms with E-state index in [0.717, 1.165) is 12.8 Å². The fourth-order valence-corrected chi connectivity index (χ4v) is 2.99. The zero-order chi connectivity index (χ0) is 13.7. The Kier molecular flexibility index (Phi) is 6.29. The van der Waals surface area contributed by atoms with Crippen molar-refractivity contribution in [3.8, 4) is 0 Å². The van der Waals surface area contributed by atoms with Crippen LogP contribution in [-0.4, -0.2) is 45.3 Å². The minimum Gasteiger partial charge on any atom is -0.325 e. The van der Waals surface area contributed by atoms with E-state index in [-0.39, 0.29) is 18.1 Å². The van der Waals surface area contributed by atoms with Crippen molar-refractivity contribution in [2.75, 3.05) is 18.1 Å². The summed E-state index contributed by atoms with van der Waals surface area (Å²) in [6, 6.07) is -0.0726. The summed E-state index contributed by atoms with van der Waals surface area (Å²) in [6.07, 6.45) is 2.14. The maximum Gasteiger partial charge on any atom is 0.241 e. The summed E-state index contributed by atoms with van der Waals surface area (Å²) in [7, 11) is -0.800. The van der Waals surface area contributed by atoms with Crippen molar-refractivity contribution in [1.82, 2.24) is 10.2 Å². The average Bonchev–Trinajstić information content (AvgIpc) is 2.64. The van der Waals surface area contributed by atoms with E-state index in [0.29, 0.717) is 24.0 Å². The van der Waals surface area contributed by atoms with Crippen molar-refractivity contribution >= 4 is 16.7 Å². The highest BCUT2D eigenvalue weighted by Crippen LogP contribution is 2.19. The van der Waals surface area contributed by atoms with Gasteiger partial charge < -0.3 is 4.90 Å². The number of carbonyl (C=O) groups is 1. The van der Waals surface area contributed by atoms with Crippen molar-refractivity contribution in [1.29, 1.82) is 0 Å². The first-order valence-corrected chi connectivity index (χ1v) is 8.41. The molecule has 0 aromatic carbocycles. The first-order chi connectivity index (χ1) is 8.51. The minimum atomic E-state index is -0.800. The SMILES string of the molecule is CCCC1NC(C(C)C)C(=O)N1CCS(=O)CC. The molecule has 3 unspecified atom stereocenters. The Balaban J connectivity index is 2.65. The Labute approximate surface area is 113 Å². The van der Waals surface area contributed by atoms with Gasteiger partial charge in [-0.3, -0.25) is 14.3 Å². The summed E-state index contributed by atoms with van der Waals surface area (Å²) in [6.45, 7) is 8.77. The highest BCUT2D eigenvalue weighted by Gasteiger charge is 2.39. The molecule has 106 valence electrons. The number of hydrogen-bond donors (Lipinski definition) is 1. The number of amides is 1. The molecule has 1 heterocycles. The fourth-order valence-electron chi connectivity index (χ4n) is 2.30. The predicted molar refractivity (Wildman–Crippen MR) is 75.7 cm³/mol. The van der Waals surface area contributed by atoms with E-state index in [9.17, 15) is 9.00 Å². The third-order valence-electron chi connectivity index (χ3n) is 3.41. The highest BCUT2D eigenvalue weighted by atomic mass is 32.2. The first kappa shape index (κ1) is 15.6. The molecule has 18 heavy (non-hydrogen) atoms. The van der Waals surface area contributed by atoms with Gasteiger partial charge >= 0.3 is 0 Å². The van der Waals surface area contributed by atoms with E-state index in [1.165, 1.54) is 0 Å². The number of hydrogen-bond acceptors (Lipinski definition) is 3. The third kappa shape index (κ3) is 3.79. The molecule has 0 bridgehead atoms. The van der Waals surface area contributed by atoms with Crippen LogP contribution in [0, 0.1) is 5.92 Å². The van der Waals surface area contributed by atoms with Gasteiger partial charge in [-0.1, -0.05) is 34.1 Å². The first-order valence-electron chi connectivity index (χ1n) is 6.92. The van der Waals surface area contributed by atoms with Gasteiger partial charge in [0.25, 0.3) is 0 Å². The molecule has 0 spiro atoms. The number of nitrogens with one attached hydrogen (secondary N) is 1. The maximum atomic E-state index is 12.3. The summed E-state index contributed by atoms with van der Waals surface area (Å²) in [5.74, 6) is 1.74. The molecule has 1 saturated heterocycles. The second-order valence-electron chi connectivity index (χ2n) is 5.16. The fraction of sp³-hybridized carbons (Fsp3) is 0.923. The second kappa shape index (κ2) is 7.24. The largest absolute Gasteiger partial charge is 0.325 e. The topological polar surface area (TPSA) is 49.4 Å². The lowest BCUT2D eigenvalue weighted by atomic mass is 10.1. The van der Waals surface area contributed by atoms with Gasteiger partial charge in [-0.05, 0) is 12.3 Å². The van der Waals surface area contributed by atoms with Gasteiger partial charge in [-0.25, -0.2) is 0 Å². The van der Waals surface area contributed by atoms with Crippen LogP contribution < -0.4 is 5.32 Å². The quantitative estimate of drug-likeness (QED) is 0.762. The normalized spacial score (nSPS) is 26.1. The molecule has 1 fully saturated rings. The zero-order valence-electron chi connectivity index (χ0n) is 11.9. The van der Waals surface area contributed by atoms with Gasteiger partial charge in [-0.2, -0.15) is 0 Å². The van der Waals surface area contributed by atoms with Crippen LogP contribution in [0.2, 0.25) is 0 Å². The van der Waals surface area contributed by atoms with Gasteiger partial charge in [0.15, 0.2) is 0 Å². The minimum absolute atomic E-state index is 0.0726. The van der Waals surface area contributed by atoms with Crippen LogP contribution in [0.3, 0.4) is 0 Å². The third-order valence-corrected chi connectivity index (χ3v) is 4.69. The molecule has 0 aromatic heterocycles. The second-order valence-corrected chi connectivity index (χ2v) is 7.02. The van der Waals surface area contributed by atoms with Crippen molar-refractivity contribution in [3.63, 3.8) is 0 Å². The summed E-state index contributed by atoms with van der Waals surface area (Å²) < 4.78 is 11.5. The lowest BCUT2D eigenvalue weighted by molar-refractivity contribution is -0.130. The van der Waals surface area contributed by atoms with Crippen LogP contribution >= 0.6 is 0 Å². The molecule has 1 aliphatic heterocycles. The van der Waals surface area contributed by atoms with E-state index in [1.54, 1.807) is 0 Å². The monoisotopic (exact) mass is 274 g/mol. The zero-order valence-corrected chi connectivity index (χ0v) is 12.8. The Morgan fingerprint density at radius 2 is 2.06 bits per heavy atom. The Morgan fingerprint density at radius 1 is 1.39 bits per heavy atom. The molecule has 0 aromatic rings. The summed E-state index contributed by atoms with van der Waals surface area (Å²) >= 11 is 0. The molecule has 1 amide bonds. The molecule has 5 heteroatoms. The molecule has 1 aliphatic rings. The van der Waals surface area contributed by atoms with Crippen LogP contribution in [0.15, 0.2) is 0 Å². The van der Waals surface area contributed by atoms with E-state index in [4.69, 9.17) is 0 Å². The van der Waals surface area contributed by atoms with Crippen LogP contribution in [0.5, 0.6) is 0 Å². The Morgan fingerprint density at radius 3 is 2.56 bits per heavy atom. The standard InChI is InChI=1S/C13H26N2O2S/c1-5-7-11-14-12(10(3)4)13(16)15(11)8-9-18(17)6-2/h10-12,14H,5-9H2,1-4H3. The van der Waals surface area contributed by atoms with E-state index >= 15 is 0 Å². The number of nitrogens with zero attached hydrogens (tertiary/aromatic N) is 1. The van der Waals surface area contributed by atoms with Gasteiger partial charge in [0, 0.05) is 28.9 Å². The number of carbonyl (C=O) groups excluding carboxylic acids is 1. The molecule has 0 radical (unpaired) electrons. The maximum absolute atomic E-state index is 12.3. The lowest BCUT2D eigenvalue weighted by Gasteiger charge is -2.23. The molecular formula is C13H26N2O2S. The van der Waals surface area contributed by atoms with E-state index in [2.05, 4.69) is 26.1 Å². The Hall–Kier alpha value is -0.420. The molecule has 1 rings (SSSR count). The number of rotatable bonds is 7. The van der Waals surface area contributed by atoms with Crippen molar-refractivity contribution < 1.29 is 9.00 Å². The van der Waals surface area contributed by atoms with Crippen LogP contribution in [-0.2, 0) is 15.6 Å². The van der Waals surface area contributed by atoms with E-state index in [1.807, 2.05) is 11.8 Å². The van der Waals surface area contributed by atoms with Crippen LogP contribution in [0.1, 0.15) is 40.5 Å². The van der Waals surface area contributed by atoms with Gasteiger partial charge in [0.2, 0.25) is 5.91 Å². The smallest absolute Gasteiger partial charge is 0.241 e. The summed E-state index contributed by atoms with van der Waals surface area (Å²) in [5, 5.41) is 3.41. The molecule has 1 N–H and O–H groups in total. The van der Waals surface area contributed by atoms with Gasteiger partial charge in [0.1, 0.15) is 0 Å². The van der Waals surface area contributed by atoms with Gasteiger partial charge in [0.05, 0.1) is 12.2 Å². The van der Waals surface area contributed by atoms with Crippen molar-refractivity contribution in [3.05, 3.63) is 0 Å². The molecule has 4 nitrogen and oxygen atoms in total. The van der Waals surface area contributed by atoms with Crippen LogP contribution in [0.4, 0.5) is 0 Å². The highest BCUT2D eigenvalue weighted by molar-refractivity contribution is 7.84. The molecule has 3 atom stereocenters. The van der Waals surface area contributed by atoms with Crippen molar-refractivity contribution in [2.45, 2.75) is 52.7 Å². The molecular weight excluding hydrogens is 248 g/mol. The summed E-state index contributed by atoms with van der Waals surface area (Å²) in [4.78, 5) is 14.2. The predicted octanol–water partition coefficient (Wildman–Crippen LogP) is 1.34. The van der Waals surface area contributed by atoms with Gasteiger partial charge in [-0.15, -0.1) is 0 Å². The van der Waals surface area contributed by atoms with Crippen molar-refractivity contribution in [2.24, 2.45) is 5.92 Å². The lowest BCUT2D eigenvalue weighted by Crippen LogP contribution is -2.39. The van der Waals surface area contributed by atoms with Crippen LogP contribution in [0.25, 0.3) is 0 Å². The average molecular weight is 274 g/mol. The Bertz CT molecular complexity index is 307. The summed E-state index contributed by atoms with van der Waals surface area (Å²) in [5.41, 5.74) is 0. The molecule has 0 saturated carbocycles. The van der Waals surface area contributed by atoms with E-state index < -0.39 is 10.8 Å². The molecule has 0 aliphatic carbocycles.